The molecule has 0 unspecified atom stereocenters. The van der Waals surface area contributed by atoms with Gasteiger partial charge >= 0.3 is 0 Å². The molecule has 0 radical (unpaired) electrons. The zero-order valence-corrected chi connectivity index (χ0v) is 13.1. The first-order chi connectivity index (χ1) is 9.52. The third kappa shape index (κ3) is 1.83. The maximum Gasteiger partial charge on any atom is -0.000730 e. The second-order valence-corrected chi connectivity index (χ2v) is 6.03. The maximum absolute atomic E-state index is 2.37. The summed E-state index contributed by atoms with van der Waals surface area (Å²) in [5, 5.41) is 0. The zero-order valence-electron chi connectivity index (χ0n) is 13.1. The molecule has 0 aliphatic heterocycles. The van der Waals surface area contributed by atoms with Crippen molar-refractivity contribution >= 4 is 6.08 Å². The molecule has 0 nitrogen and oxygen atoms in total. The lowest BCUT2D eigenvalue weighted by Gasteiger charge is -2.12. The molecule has 0 aromatic heterocycles. The van der Waals surface area contributed by atoms with Gasteiger partial charge in [0.05, 0.1) is 0 Å². The van der Waals surface area contributed by atoms with E-state index in [2.05, 4.69) is 65.0 Å². The van der Waals surface area contributed by atoms with Crippen LogP contribution in [0.15, 0.2) is 24.3 Å². The van der Waals surface area contributed by atoms with Crippen molar-refractivity contribution in [1.29, 1.82) is 0 Å². The van der Waals surface area contributed by atoms with Crippen molar-refractivity contribution in [2.45, 2.75) is 41.0 Å². The molecule has 0 heterocycles. The second kappa shape index (κ2) is 4.63. The van der Waals surface area contributed by atoms with E-state index in [0.717, 1.165) is 6.42 Å². The third-order valence-corrected chi connectivity index (χ3v) is 4.72. The molecule has 2 aromatic rings. The van der Waals surface area contributed by atoms with E-state index in [-0.39, 0.29) is 0 Å². The van der Waals surface area contributed by atoms with Crippen LogP contribution in [0.2, 0.25) is 0 Å². The summed E-state index contributed by atoms with van der Waals surface area (Å²) in [5.41, 5.74) is 12.9. The molecule has 1 aliphatic carbocycles. The number of fused-ring (bicyclic) bond motifs is 3. The van der Waals surface area contributed by atoms with E-state index < -0.39 is 0 Å². The van der Waals surface area contributed by atoms with E-state index >= 15 is 0 Å². The minimum atomic E-state index is 1.08. The molecule has 0 saturated carbocycles. The fourth-order valence-electron chi connectivity index (χ4n) is 3.28. The Morgan fingerprint density at radius 2 is 1.50 bits per heavy atom. The van der Waals surface area contributed by atoms with Gasteiger partial charge in [-0.2, -0.15) is 0 Å². The highest BCUT2D eigenvalue weighted by molar-refractivity contribution is 5.83. The first-order valence-corrected chi connectivity index (χ1v) is 7.39. The summed E-state index contributed by atoms with van der Waals surface area (Å²) in [6.07, 6.45) is 5.50. The average molecular weight is 262 g/mol. The number of aryl methyl sites for hydroxylation is 3. The van der Waals surface area contributed by atoms with Crippen molar-refractivity contribution in [3.05, 3.63) is 63.2 Å². The van der Waals surface area contributed by atoms with Gasteiger partial charge in [0.25, 0.3) is 0 Å². The highest BCUT2D eigenvalue weighted by Crippen LogP contribution is 2.42. The van der Waals surface area contributed by atoms with Gasteiger partial charge in [0.1, 0.15) is 0 Å². The summed E-state index contributed by atoms with van der Waals surface area (Å²) in [6.45, 7) is 11.0. The molecule has 0 amide bonds. The Kier molecular flexibility index (Phi) is 3.05. The molecule has 0 atom stereocenters. The van der Waals surface area contributed by atoms with E-state index in [0.29, 0.717) is 0 Å². The Morgan fingerprint density at radius 3 is 2.20 bits per heavy atom. The number of hydrogen-bond donors (Lipinski definition) is 0. The summed E-state index contributed by atoms with van der Waals surface area (Å²) in [5.74, 6) is 0. The highest BCUT2D eigenvalue weighted by atomic mass is 14.3. The van der Waals surface area contributed by atoms with Gasteiger partial charge in [0.2, 0.25) is 0 Å². The monoisotopic (exact) mass is 262 g/mol. The molecule has 102 valence electrons. The minimum absolute atomic E-state index is 1.08. The van der Waals surface area contributed by atoms with Crippen LogP contribution in [-0.2, 0) is 6.42 Å². The Labute approximate surface area is 122 Å². The lowest BCUT2D eigenvalue weighted by molar-refractivity contribution is 1.20. The van der Waals surface area contributed by atoms with Crippen LogP contribution in [0, 0.1) is 27.7 Å². The van der Waals surface area contributed by atoms with Gasteiger partial charge in [0, 0.05) is 0 Å². The van der Waals surface area contributed by atoms with Crippen LogP contribution in [0.5, 0.6) is 0 Å². The third-order valence-electron chi connectivity index (χ3n) is 4.72. The summed E-state index contributed by atoms with van der Waals surface area (Å²) < 4.78 is 0. The lowest BCUT2D eigenvalue weighted by Crippen LogP contribution is -1.94. The Hall–Kier alpha value is -1.82. The standard InChI is InChI=1S/C20H22/c1-6-7-17-15(5)14(4)10-19-18-9-13(3)12(2)8-16(18)11-20(17)19/h6-10H,11H2,1-5H3. The highest BCUT2D eigenvalue weighted by Gasteiger charge is 2.23. The van der Waals surface area contributed by atoms with Crippen molar-refractivity contribution in [3.8, 4) is 11.1 Å². The number of hydrogen-bond acceptors (Lipinski definition) is 0. The summed E-state index contributed by atoms with van der Waals surface area (Å²) in [4.78, 5) is 0. The van der Waals surface area contributed by atoms with Crippen molar-refractivity contribution in [3.63, 3.8) is 0 Å². The zero-order chi connectivity index (χ0) is 14.4. The van der Waals surface area contributed by atoms with Crippen molar-refractivity contribution in [2.24, 2.45) is 0 Å². The van der Waals surface area contributed by atoms with Crippen LogP contribution >= 0.6 is 0 Å². The fraction of sp³-hybridized carbons (Fsp3) is 0.300. The SMILES string of the molecule is CC=Cc1c(C)c(C)cc2c1Cc1cc(C)c(C)cc1-2. The van der Waals surface area contributed by atoms with E-state index in [1.54, 1.807) is 0 Å². The van der Waals surface area contributed by atoms with Gasteiger partial charge in [-0.1, -0.05) is 30.4 Å². The van der Waals surface area contributed by atoms with E-state index in [1.165, 1.54) is 50.1 Å². The van der Waals surface area contributed by atoms with Gasteiger partial charge in [-0.15, -0.1) is 0 Å². The van der Waals surface area contributed by atoms with E-state index in [9.17, 15) is 0 Å². The smallest absolute Gasteiger partial charge is 0.000730 e. The summed E-state index contributed by atoms with van der Waals surface area (Å²) in [7, 11) is 0. The maximum atomic E-state index is 2.37. The Balaban J connectivity index is 2.31. The predicted octanol–water partition coefficient (Wildman–Crippen LogP) is 5.52. The minimum Gasteiger partial charge on any atom is -0.0870 e. The topological polar surface area (TPSA) is 0 Å². The Morgan fingerprint density at radius 1 is 0.850 bits per heavy atom. The molecule has 0 saturated heterocycles. The van der Waals surface area contributed by atoms with Crippen LogP contribution in [0.1, 0.15) is 45.9 Å². The fourth-order valence-corrected chi connectivity index (χ4v) is 3.28. The van der Waals surface area contributed by atoms with Crippen LogP contribution in [-0.4, -0.2) is 0 Å². The summed E-state index contributed by atoms with van der Waals surface area (Å²) in [6, 6.07) is 7.11. The molecular weight excluding hydrogens is 240 g/mol. The molecule has 2 aromatic carbocycles. The van der Waals surface area contributed by atoms with Crippen LogP contribution < -0.4 is 0 Å². The van der Waals surface area contributed by atoms with Gasteiger partial charge < -0.3 is 0 Å². The largest absolute Gasteiger partial charge is 0.0870 e. The van der Waals surface area contributed by atoms with Crippen LogP contribution in [0.25, 0.3) is 17.2 Å². The first-order valence-electron chi connectivity index (χ1n) is 7.39. The predicted molar refractivity (Wildman–Crippen MR) is 88.3 cm³/mol. The number of benzene rings is 2. The average Bonchev–Trinajstić information content (AvgIpc) is 2.73. The molecule has 20 heavy (non-hydrogen) atoms. The normalized spacial score (nSPS) is 12.8. The van der Waals surface area contributed by atoms with E-state index in [1.807, 2.05) is 0 Å². The molecule has 0 N–H and O–H groups in total. The molecule has 0 heteroatoms. The Bertz CT molecular complexity index is 730. The first kappa shape index (κ1) is 13.2. The van der Waals surface area contributed by atoms with Gasteiger partial charge in [-0.25, -0.2) is 0 Å². The van der Waals surface area contributed by atoms with Gasteiger partial charge in [-0.3, -0.25) is 0 Å². The molecular formula is C20H22. The molecule has 0 fully saturated rings. The van der Waals surface area contributed by atoms with Crippen LogP contribution in [0.3, 0.4) is 0 Å². The lowest BCUT2D eigenvalue weighted by atomic mass is 9.92. The second-order valence-electron chi connectivity index (χ2n) is 6.03. The van der Waals surface area contributed by atoms with E-state index in [4.69, 9.17) is 0 Å². The van der Waals surface area contributed by atoms with Gasteiger partial charge in [0.15, 0.2) is 0 Å². The molecule has 0 bridgehead atoms. The van der Waals surface area contributed by atoms with Crippen molar-refractivity contribution in [2.75, 3.05) is 0 Å². The van der Waals surface area contributed by atoms with Crippen molar-refractivity contribution in [1.82, 2.24) is 0 Å². The van der Waals surface area contributed by atoms with Crippen molar-refractivity contribution < 1.29 is 0 Å². The van der Waals surface area contributed by atoms with Gasteiger partial charge in [-0.05, 0) is 91.1 Å². The molecule has 3 rings (SSSR count). The molecule has 0 spiro atoms. The van der Waals surface area contributed by atoms with Crippen LogP contribution in [0.4, 0.5) is 0 Å². The number of allylic oxidation sites excluding steroid dienone is 1. The quantitative estimate of drug-likeness (QED) is 0.541. The summed E-state index contributed by atoms with van der Waals surface area (Å²) >= 11 is 0. The molecule has 1 aliphatic rings. The number of rotatable bonds is 1.